The number of aliphatic hydroxyl groups is 1. The molecule has 0 saturated carbocycles. The third kappa shape index (κ3) is 5.13. The Balaban J connectivity index is 2.51. The average molecular weight is 283 g/mol. The molecule has 1 aromatic heterocycles. The molecule has 0 bridgehead atoms. The molecule has 3 nitrogen and oxygen atoms in total. The van der Waals surface area contributed by atoms with Crippen LogP contribution in [0.25, 0.3) is 0 Å². The van der Waals surface area contributed by atoms with Crippen LogP contribution in [0, 0.1) is 11.8 Å². The van der Waals surface area contributed by atoms with Gasteiger partial charge in [-0.25, -0.2) is 0 Å². The number of carbonyl (C=O) groups excluding carboxylic acids is 1. The monoisotopic (exact) mass is 283 g/mol. The number of aliphatic hydroxyl groups excluding tert-OH is 1. The molecule has 5 heteroatoms. The second-order valence-electron chi connectivity index (χ2n) is 3.77. The molecule has 0 spiro atoms. The van der Waals surface area contributed by atoms with Crippen molar-refractivity contribution in [1.82, 2.24) is 4.90 Å². The Morgan fingerprint density at radius 3 is 3.06 bits per heavy atom. The first kappa shape index (κ1) is 15.1. The second-order valence-corrected chi connectivity index (χ2v) is 5.67. The summed E-state index contributed by atoms with van der Waals surface area (Å²) in [6.07, 6.45) is 2.58. The highest BCUT2D eigenvalue weighted by Crippen LogP contribution is 2.15. The largest absolute Gasteiger partial charge is 0.384 e. The van der Waals surface area contributed by atoms with Gasteiger partial charge >= 0.3 is 0 Å². The van der Waals surface area contributed by atoms with Crippen molar-refractivity contribution in [2.45, 2.75) is 13.0 Å². The zero-order chi connectivity index (χ0) is 13.4. The molecule has 0 fully saturated rings. The third-order valence-electron chi connectivity index (χ3n) is 2.31. The first-order valence-corrected chi connectivity index (χ1v) is 7.84. The molecule has 0 aliphatic rings. The van der Waals surface area contributed by atoms with Gasteiger partial charge in [0.05, 0.1) is 4.88 Å². The molecule has 98 valence electrons. The van der Waals surface area contributed by atoms with Crippen LogP contribution >= 0.6 is 23.1 Å². The Bertz CT molecular complexity index is 445. The number of carbonyl (C=O) groups is 1. The standard InChI is InChI=1S/C13H17NO2S2/c1-14(13(16)5-7-17-2)9-11-8-12(18-10-11)4-3-6-15/h8,10,15H,5-7,9H2,1-2H3. The lowest BCUT2D eigenvalue weighted by atomic mass is 10.3. The fourth-order valence-corrected chi connectivity index (χ4v) is 2.54. The van der Waals surface area contributed by atoms with Crippen LogP contribution in [0.3, 0.4) is 0 Å². The van der Waals surface area contributed by atoms with Crippen molar-refractivity contribution in [3.8, 4) is 11.8 Å². The number of hydrogen-bond donors (Lipinski definition) is 1. The highest BCUT2D eigenvalue weighted by Gasteiger charge is 2.09. The summed E-state index contributed by atoms with van der Waals surface area (Å²) in [7, 11) is 1.82. The van der Waals surface area contributed by atoms with Gasteiger partial charge in [-0.05, 0) is 23.3 Å². The maximum absolute atomic E-state index is 11.7. The molecule has 0 unspecified atom stereocenters. The zero-order valence-corrected chi connectivity index (χ0v) is 12.2. The fourth-order valence-electron chi connectivity index (χ4n) is 1.39. The predicted octanol–water partition coefficient (Wildman–Crippen LogP) is 1.80. The van der Waals surface area contributed by atoms with Crippen molar-refractivity contribution < 1.29 is 9.90 Å². The minimum atomic E-state index is -0.125. The molecule has 0 aliphatic carbocycles. The van der Waals surface area contributed by atoms with Crippen LogP contribution in [0.1, 0.15) is 16.9 Å². The summed E-state index contributed by atoms with van der Waals surface area (Å²) in [4.78, 5) is 14.4. The maximum Gasteiger partial charge on any atom is 0.223 e. The van der Waals surface area contributed by atoms with E-state index in [1.54, 1.807) is 16.7 Å². The molecule has 0 atom stereocenters. The third-order valence-corrected chi connectivity index (χ3v) is 3.82. The van der Waals surface area contributed by atoms with E-state index in [9.17, 15) is 4.79 Å². The van der Waals surface area contributed by atoms with E-state index in [4.69, 9.17) is 5.11 Å². The van der Waals surface area contributed by atoms with E-state index < -0.39 is 0 Å². The first-order valence-electron chi connectivity index (χ1n) is 5.57. The van der Waals surface area contributed by atoms with Gasteiger partial charge in [-0.2, -0.15) is 11.8 Å². The SMILES string of the molecule is CSCCC(=O)N(C)Cc1csc(C#CCO)c1. The lowest BCUT2D eigenvalue weighted by Gasteiger charge is -2.15. The second kappa shape index (κ2) is 8.20. The molecule has 18 heavy (non-hydrogen) atoms. The molecule has 1 N–H and O–H groups in total. The van der Waals surface area contributed by atoms with Gasteiger partial charge < -0.3 is 10.0 Å². The molecule has 1 rings (SSSR count). The van der Waals surface area contributed by atoms with Crippen LogP contribution in [0.15, 0.2) is 11.4 Å². The van der Waals surface area contributed by atoms with E-state index in [-0.39, 0.29) is 12.5 Å². The van der Waals surface area contributed by atoms with Gasteiger partial charge in [0.15, 0.2) is 0 Å². The summed E-state index contributed by atoms with van der Waals surface area (Å²) < 4.78 is 0. The smallest absolute Gasteiger partial charge is 0.223 e. The summed E-state index contributed by atoms with van der Waals surface area (Å²) in [5.41, 5.74) is 1.09. The zero-order valence-electron chi connectivity index (χ0n) is 10.6. The number of thioether (sulfide) groups is 1. The quantitative estimate of drug-likeness (QED) is 0.838. The van der Waals surface area contributed by atoms with Gasteiger partial charge in [-0.1, -0.05) is 11.8 Å². The fraction of sp³-hybridized carbons (Fsp3) is 0.462. The van der Waals surface area contributed by atoms with Gasteiger partial charge in [-0.15, -0.1) is 11.3 Å². The van der Waals surface area contributed by atoms with Crippen LogP contribution in [0.5, 0.6) is 0 Å². The number of nitrogens with zero attached hydrogens (tertiary/aromatic N) is 1. The molecule has 0 radical (unpaired) electrons. The molecule has 0 aliphatic heterocycles. The van der Waals surface area contributed by atoms with Crippen molar-refractivity contribution in [2.24, 2.45) is 0 Å². The first-order chi connectivity index (χ1) is 8.67. The van der Waals surface area contributed by atoms with Gasteiger partial charge in [0.25, 0.3) is 0 Å². The minimum Gasteiger partial charge on any atom is -0.384 e. The van der Waals surface area contributed by atoms with E-state index in [0.29, 0.717) is 13.0 Å². The minimum absolute atomic E-state index is 0.125. The van der Waals surface area contributed by atoms with E-state index in [2.05, 4.69) is 11.8 Å². The number of hydrogen-bond acceptors (Lipinski definition) is 4. The highest BCUT2D eigenvalue weighted by molar-refractivity contribution is 7.98. The molecular formula is C13H17NO2S2. The summed E-state index contributed by atoms with van der Waals surface area (Å²) >= 11 is 3.21. The van der Waals surface area contributed by atoms with Gasteiger partial charge in [0.1, 0.15) is 6.61 Å². The van der Waals surface area contributed by atoms with Gasteiger partial charge in [0.2, 0.25) is 5.91 Å². The molecular weight excluding hydrogens is 266 g/mol. The van der Waals surface area contributed by atoms with Crippen molar-refractivity contribution in [3.05, 3.63) is 21.9 Å². The summed E-state index contributed by atoms with van der Waals surface area (Å²) in [5, 5.41) is 10.6. The number of rotatable bonds is 5. The number of amides is 1. The molecule has 0 saturated heterocycles. The highest BCUT2D eigenvalue weighted by atomic mass is 32.2. The lowest BCUT2D eigenvalue weighted by molar-refractivity contribution is -0.129. The van der Waals surface area contributed by atoms with Crippen LogP contribution in [-0.2, 0) is 11.3 Å². The summed E-state index contributed by atoms with van der Waals surface area (Å²) in [6, 6.07) is 1.96. The van der Waals surface area contributed by atoms with E-state index in [0.717, 1.165) is 16.2 Å². The molecule has 0 aromatic carbocycles. The van der Waals surface area contributed by atoms with E-state index in [1.165, 1.54) is 11.3 Å². The summed E-state index contributed by atoms with van der Waals surface area (Å²) in [6.45, 7) is 0.491. The Labute approximate surface area is 116 Å². The average Bonchev–Trinajstić information content (AvgIpc) is 2.80. The van der Waals surface area contributed by atoms with Crippen molar-refractivity contribution in [1.29, 1.82) is 0 Å². The summed E-state index contributed by atoms with van der Waals surface area (Å²) in [5.74, 6) is 6.50. The predicted molar refractivity (Wildman–Crippen MR) is 77.8 cm³/mol. The van der Waals surface area contributed by atoms with Crippen LogP contribution in [-0.4, -0.2) is 41.6 Å². The van der Waals surface area contributed by atoms with Crippen LogP contribution < -0.4 is 0 Å². The Hall–Kier alpha value is -0.960. The molecule has 1 heterocycles. The Morgan fingerprint density at radius 2 is 2.39 bits per heavy atom. The van der Waals surface area contributed by atoms with Crippen molar-refractivity contribution in [2.75, 3.05) is 25.7 Å². The van der Waals surface area contributed by atoms with E-state index >= 15 is 0 Å². The Kier molecular flexibility index (Phi) is 6.88. The van der Waals surface area contributed by atoms with Crippen molar-refractivity contribution in [3.63, 3.8) is 0 Å². The number of thiophene rings is 1. The van der Waals surface area contributed by atoms with E-state index in [1.807, 2.05) is 24.7 Å². The Morgan fingerprint density at radius 1 is 1.61 bits per heavy atom. The normalized spacial score (nSPS) is 9.72. The lowest BCUT2D eigenvalue weighted by Crippen LogP contribution is -2.26. The van der Waals surface area contributed by atoms with Gasteiger partial charge in [-0.3, -0.25) is 4.79 Å². The van der Waals surface area contributed by atoms with Gasteiger partial charge in [0, 0.05) is 25.8 Å². The topological polar surface area (TPSA) is 40.5 Å². The molecule has 1 amide bonds. The van der Waals surface area contributed by atoms with Crippen molar-refractivity contribution >= 4 is 29.0 Å². The maximum atomic E-state index is 11.7. The molecule has 1 aromatic rings. The van der Waals surface area contributed by atoms with Crippen LogP contribution in [0.2, 0.25) is 0 Å². The van der Waals surface area contributed by atoms with Crippen LogP contribution in [0.4, 0.5) is 0 Å².